The van der Waals surface area contributed by atoms with Crippen molar-refractivity contribution in [1.29, 1.82) is 0 Å². The quantitative estimate of drug-likeness (QED) is 0.493. The Bertz CT molecular complexity index is 692. The number of ether oxygens (including phenoxy) is 3. The third-order valence-electron chi connectivity index (χ3n) is 2.84. The average Bonchev–Trinajstić information content (AvgIpc) is 2.94. The number of benzene rings is 2. The van der Waals surface area contributed by atoms with E-state index >= 15 is 0 Å². The van der Waals surface area contributed by atoms with E-state index in [1.54, 1.807) is 36.4 Å². The van der Waals surface area contributed by atoms with E-state index in [9.17, 15) is 4.79 Å². The minimum Gasteiger partial charge on any atom is -0.454 e. The molecule has 0 unspecified atom stereocenters. The van der Waals surface area contributed by atoms with Crippen LogP contribution in [-0.2, 0) is 4.79 Å². The number of hydrogen-bond acceptors (Lipinski definition) is 4. The van der Waals surface area contributed by atoms with E-state index in [0.29, 0.717) is 22.3 Å². The van der Waals surface area contributed by atoms with Crippen LogP contribution in [0.25, 0.3) is 6.08 Å². The van der Waals surface area contributed by atoms with E-state index < -0.39 is 5.97 Å². The van der Waals surface area contributed by atoms with E-state index in [1.165, 1.54) is 6.08 Å². The maximum Gasteiger partial charge on any atom is 0.336 e. The normalized spacial score (nSPS) is 12.6. The molecule has 1 heterocycles. The van der Waals surface area contributed by atoms with Gasteiger partial charge in [-0.15, -0.1) is 0 Å². The smallest absolute Gasteiger partial charge is 0.336 e. The Morgan fingerprint density at radius 3 is 2.67 bits per heavy atom. The predicted molar refractivity (Wildman–Crippen MR) is 78.7 cm³/mol. The van der Waals surface area contributed by atoms with Crippen molar-refractivity contribution in [2.24, 2.45) is 0 Å². The standard InChI is InChI=1S/C16H11ClO4/c17-12-4-1-11(2-5-12)3-8-16(18)21-13-6-7-14-15(9-13)20-10-19-14/h1-9H,10H2/b8-3+. The van der Waals surface area contributed by atoms with Crippen LogP contribution in [0.3, 0.4) is 0 Å². The lowest BCUT2D eigenvalue weighted by Crippen LogP contribution is -2.03. The van der Waals surface area contributed by atoms with Gasteiger partial charge in [0.1, 0.15) is 5.75 Å². The Balaban J connectivity index is 1.65. The molecule has 0 bridgehead atoms. The van der Waals surface area contributed by atoms with Gasteiger partial charge in [-0.25, -0.2) is 4.79 Å². The maximum absolute atomic E-state index is 11.7. The van der Waals surface area contributed by atoms with Crippen molar-refractivity contribution in [3.63, 3.8) is 0 Å². The van der Waals surface area contributed by atoms with Gasteiger partial charge < -0.3 is 14.2 Å². The molecule has 0 N–H and O–H groups in total. The minimum atomic E-state index is -0.469. The Morgan fingerprint density at radius 1 is 1.10 bits per heavy atom. The van der Waals surface area contributed by atoms with Gasteiger partial charge >= 0.3 is 5.97 Å². The Morgan fingerprint density at radius 2 is 1.86 bits per heavy atom. The number of carbonyl (C=O) groups excluding carboxylic acids is 1. The van der Waals surface area contributed by atoms with E-state index in [4.69, 9.17) is 25.8 Å². The minimum absolute atomic E-state index is 0.184. The molecule has 0 amide bonds. The largest absolute Gasteiger partial charge is 0.454 e. The van der Waals surface area contributed by atoms with Crippen LogP contribution in [0.1, 0.15) is 5.56 Å². The fraction of sp³-hybridized carbons (Fsp3) is 0.0625. The Hall–Kier alpha value is -2.46. The van der Waals surface area contributed by atoms with Crippen molar-refractivity contribution in [1.82, 2.24) is 0 Å². The SMILES string of the molecule is O=C(/C=C/c1ccc(Cl)cc1)Oc1ccc2c(c1)OCO2. The molecule has 0 saturated carbocycles. The molecule has 0 spiro atoms. The zero-order chi connectivity index (χ0) is 14.7. The molecule has 0 aliphatic carbocycles. The molecule has 1 aliphatic heterocycles. The topological polar surface area (TPSA) is 44.8 Å². The van der Waals surface area contributed by atoms with Gasteiger partial charge in [-0.3, -0.25) is 0 Å². The Labute approximate surface area is 126 Å². The van der Waals surface area contributed by atoms with Crippen molar-refractivity contribution >= 4 is 23.6 Å². The summed E-state index contributed by atoms with van der Waals surface area (Å²) >= 11 is 5.79. The molecule has 21 heavy (non-hydrogen) atoms. The van der Waals surface area contributed by atoms with Gasteiger partial charge in [0.15, 0.2) is 11.5 Å². The second kappa shape index (κ2) is 5.89. The van der Waals surface area contributed by atoms with Crippen molar-refractivity contribution in [2.45, 2.75) is 0 Å². The Kier molecular flexibility index (Phi) is 3.79. The number of hydrogen-bond donors (Lipinski definition) is 0. The first kappa shape index (κ1) is 13.5. The van der Waals surface area contributed by atoms with Crippen molar-refractivity contribution in [2.75, 3.05) is 6.79 Å². The van der Waals surface area contributed by atoms with Gasteiger partial charge in [0.25, 0.3) is 0 Å². The molecular formula is C16H11ClO4. The van der Waals surface area contributed by atoms with Gasteiger partial charge in [-0.1, -0.05) is 23.7 Å². The summed E-state index contributed by atoms with van der Waals surface area (Å²) in [6.45, 7) is 0.184. The highest BCUT2D eigenvalue weighted by Crippen LogP contribution is 2.35. The zero-order valence-electron chi connectivity index (χ0n) is 10.9. The molecule has 106 valence electrons. The molecule has 2 aromatic rings. The zero-order valence-corrected chi connectivity index (χ0v) is 11.7. The highest BCUT2D eigenvalue weighted by molar-refractivity contribution is 6.30. The number of halogens is 1. The molecular weight excluding hydrogens is 292 g/mol. The second-order valence-corrected chi connectivity index (χ2v) is 4.76. The molecule has 0 radical (unpaired) electrons. The van der Waals surface area contributed by atoms with Crippen molar-refractivity contribution < 1.29 is 19.0 Å². The van der Waals surface area contributed by atoms with Gasteiger partial charge in [0, 0.05) is 17.2 Å². The van der Waals surface area contributed by atoms with Crippen LogP contribution in [0.4, 0.5) is 0 Å². The highest BCUT2D eigenvalue weighted by Gasteiger charge is 2.14. The number of carbonyl (C=O) groups is 1. The number of fused-ring (bicyclic) bond motifs is 1. The van der Waals surface area contributed by atoms with Crippen LogP contribution in [0.2, 0.25) is 5.02 Å². The van der Waals surface area contributed by atoms with E-state index in [0.717, 1.165) is 5.56 Å². The van der Waals surface area contributed by atoms with E-state index in [1.807, 2.05) is 12.1 Å². The third kappa shape index (κ3) is 3.35. The van der Waals surface area contributed by atoms with Crippen LogP contribution < -0.4 is 14.2 Å². The molecule has 4 nitrogen and oxygen atoms in total. The summed E-state index contributed by atoms with van der Waals surface area (Å²) in [5, 5.41) is 0.648. The average molecular weight is 303 g/mol. The van der Waals surface area contributed by atoms with Crippen molar-refractivity contribution in [3.8, 4) is 17.2 Å². The summed E-state index contributed by atoms with van der Waals surface area (Å²) in [4.78, 5) is 11.7. The number of esters is 1. The van der Waals surface area contributed by atoms with E-state index in [-0.39, 0.29) is 6.79 Å². The molecule has 0 saturated heterocycles. The first-order chi connectivity index (χ1) is 10.2. The molecule has 0 aromatic heterocycles. The lowest BCUT2D eigenvalue weighted by molar-refractivity contribution is -0.128. The van der Waals surface area contributed by atoms with Crippen LogP contribution >= 0.6 is 11.6 Å². The lowest BCUT2D eigenvalue weighted by Gasteiger charge is -2.02. The molecule has 1 aliphatic rings. The predicted octanol–water partition coefficient (Wildman–Crippen LogP) is 3.69. The molecule has 5 heteroatoms. The van der Waals surface area contributed by atoms with Crippen LogP contribution in [0.15, 0.2) is 48.5 Å². The third-order valence-corrected chi connectivity index (χ3v) is 3.10. The summed E-state index contributed by atoms with van der Waals surface area (Å²) in [5.74, 6) is 1.15. The molecule has 0 atom stereocenters. The van der Waals surface area contributed by atoms with Gasteiger partial charge in [0.2, 0.25) is 6.79 Å². The summed E-state index contributed by atoms with van der Waals surface area (Å²) in [6.07, 6.45) is 3.01. The highest BCUT2D eigenvalue weighted by atomic mass is 35.5. The summed E-state index contributed by atoms with van der Waals surface area (Å²) in [7, 11) is 0. The monoisotopic (exact) mass is 302 g/mol. The van der Waals surface area contributed by atoms with Crippen LogP contribution in [-0.4, -0.2) is 12.8 Å². The molecule has 3 rings (SSSR count). The fourth-order valence-corrected chi connectivity index (χ4v) is 1.95. The second-order valence-electron chi connectivity index (χ2n) is 4.32. The first-order valence-electron chi connectivity index (χ1n) is 6.26. The van der Waals surface area contributed by atoms with Gasteiger partial charge in [-0.05, 0) is 35.9 Å². The van der Waals surface area contributed by atoms with Gasteiger partial charge in [-0.2, -0.15) is 0 Å². The summed E-state index contributed by atoms with van der Waals surface area (Å²) in [6, 6.07) is 12.1. The van der Waals surface area contributed by atoms with Gasteiger partial charge in [0.05, 0.1) is 0 Å². The van der Waals surface area contributed by atoms with Crippen LogP contribution in [0.5, 0.6) is 17.2 Å². The summed E-state index contributed by atoms with van der Waals surface area (Å²) < 4.78 is 15.6. The van der Waals surface area contributed by atoms with E-state index in [2.05, 4.69) is 0 Å². The van der Waals surface area contributed by atoms with Crippen molar-refractivity contribution in [3.05, 3.63) is 59.1 Å². The van der Waals surface area contributed by atoms with Crippen LogP contribution in [0, 0.1) is 0 Å². The molecule has 0 fully saturated rings. The summed E-state index contributed by atoms with van der Waals surface area (Å²) in [5.41, 5.74) is 0.863. The first-order valence-corrected chi connectivity index (χ1v) is 6.64. The fourth-order valence-electron chi connectivity index (χ4n) is 1.83. The maximum atomic E-state index is 11.7. The molecule has 2 aromatic carbocycles. The lowest BCUT2D eigenvalue weighted by atomic mass is 10.2. The number of rotatable bonds is 3.